The molecule has 1 unspecified atom stereocenters. The fourth-order valence-electron chi connectivity index (χ4n) is 2.71. The minimum absolute atomic E-state index is 0.0162. The summed E-state index contributed by atoms with van der Waals surface area (Å²) in [4.78, 5) is 12.0. The van der Waals surface area contributed by atoms with Crippen LogP contribution in [0.25, 0.3) is 0 Å². The molecule has 0 bridgehead atoms. The highest BCUT2D eigenvalue weighted by Gasteiger charge is 2.19. The van der Waals surface area contributed by atoms with Crippen molar-refractivity contribution in [2.75, 3.05) is 5.73 Å². The van der Waals surface area contributed by atoms with Gasteiger partial charge in [-0.1, -0.05) is 24.3 Å². The number of aromatic nitrogens is 2. The standard InChI is InChI=1S/C15H18N4O/c16-14-7-8-19(18-14)10-15(20)17-13-6-5-11-3-1-2-4-12(11)9-13/h1-4,7-8,13H,5-6,9-10H2,(H2,16,18)(H,17,20). The molecular formula is C15H18N4O. The van der Waals surface area contributed by atoms with Crippen LogP contribution in [0.3, 0.4) is 0 Å². The van der Waals surface area contributed by atoms with E-state index in [4.69, 9.17) is 5.73 Å². The number of rotatable bonds is 3. The molecule has 0 spiro atoms. The topological polar surface area (TPSA) is 72.9 Å². The summed E-state index contributed by atoms with van der Waals surface area (Å²) >= 11 is 0. The van der Waals surface area contributed by atoms with Gasteiger partial charge < -0.3 is 11.1 Å². The van der Waals surface area contributed by atoms with Gasteiger partial charge in [0.2, 0.25) is 5.91 Å². The van der Waals surface area contributed by atoms with E-state index < -0.39 is 0 Å². The van der Waals surface area contributed by atoms with Crippen molar-refractivity contribution in [3.05, 3.63) is 47.7 Å². The van der Waals surface area contributed by atoms with E-state index in [0.717, 1.165) is 19.3 Å². The summed E-state index contributed by atoms with van der Waals surface area (Å²) in [6.07, 6.45) is 4.63. The lowest BCUT2D eigenvalue weighted by atomic mass is 9.88. The molecule has 1 heterocycles. The Labute approximate surface area is 117 Å². The molecule has 0 saturated carbocycles. The first kappa shape index (κ1) is 12.7. The lowest BCUT2D eigenvalue weighted by Gasteiger charge is -2.25. The molecule has 3 N–H and O–H groups in total. The first-order chi connectivity index (χ1) is 9.70. The van der Waals surface area contributed by atoms with E-state index in [-0.39, 0.29) is 18.5 Å². The summed E-state index contributed by atoms with van der Waals surface area (Å²) in [5.41, 5.74) is 8.27. The van der Waals surface area contributed by atoms with Gasteiger partial charge in [0.25, 0.3) is 0 Å². The lowest BCUT2D eigenvalue weighted by molar-refractivity contribution is -0.122. The number of hydrogen-bond donors (Lipinski definition) is 2. The molecule has 2 aromatic rings. The number of amides is 1. The van der Waals surface area contributed by atoms with Crippen molar-refractivity contribution >= 4 is 11.7 Å². The predicted molar refractivity (Wildman–Crippen MR) is 77.0 cm³/mol. The van der Waals surface area contributed by atoms with Crippen molar-refractivity contribution in [2.45, 2.75) is 31.8 Å². The number of nitrogens with two attached hydrogens (primary N) is 1. The quantitative estimate of drug-likeness (QED) is 0.878. The first-order valence-corrected chi connectivity index (χ1v) is 6.86. The van der Waals surface area contributed by atoms with Crippen LogP contribution in [-0.2, 0) is 24.2 Å². The Bertz CT molecular complexity index is 620. The molecule has 1 aliphatic rings. The largest absolute Gasteiger partial charge is 0.382 e. The Morgan fingerprint density at radius 3 is 2.90 bits per heavy atom. The van der Waals surface area contributed by atoms with Crippen molar-refractivity contribution in [3.8, 4) is 0 Å². The molecule has 1 atom stereocenters. The molecule has 1 amide bonds. The van der Waals surface area contributed by atoms with Crippen LogP contribution in [0.4, 0.5) is 5.82 Å². The molecule has 5 heteroatoms. The molecule has 1 aromatic carbocycles. The number of nitrogens with one attached hydrogen (secondary N) is 1. The molecule has 3 rings (SSSR count). The van der Waals surface area contributed by atoms with Gasteiger partial charge >= 0.3 is 0 Å². The van der Waals surface area contributed by atoms with E-state index in [0.29, 0.717) is 5.82 Å². The molecule has 0 radical (unpaired) electrons. The van der Waals surface area contributed by atoms with Gasteiger partial charge in [-0.15, -0.1) is 0 Å². The molecule has 0 saturated heterocycles. The number of fused-ring (bicyclic) bond motifs is 1. The predicted octanol–water partition coefficient (Wildman–Crippen LogP) is 1.14. The highest BCUT2D eigenvalue weighted by molar-refractivity contribution is 5.76. The van der Waals surface area contributed by atoms with Gasteiger partial charge in [0.15, 0.2) is 0 Å². The van der Waals surface area contributed by atoms with Gasteiger partial charge in [-0.3, -0.25) is 9.48 Å². The summed E-state index contributed by atoms with van der Waals surface area (Å²) < 4.78 is 1.56. The van der Waals surface area contributed by atoms with Crippen molar-refractivity contribution in [3.63, 3.8) is 0 Å². The van der Waals surface area contributed by atoms with Gasteiger partial charge in [0, 0.05) is 12.2 Å². The third kappa shape index (κ3) is 2.82. The Balaban J connectivity index is 1.58. The normalized spacial score (nSPS) is 17.5. The van der Waals surface area contributed by atoms with Crippen LogP contribution in [0.1, 0.15) is 17.5 Å². The third-order valence-electron chi connectivity index (χ3n) is 3.68. The number of benzene rings is 1. The van der Waals surface area contributed by atoms with Crippen molar-refractivity contribution in [2.24, 2.45) is 0 Å². The van der Waals surface area contributed by atoms with E-state index in [9.17, 15) is 4.79 Å². The van der Waals surface area contributed by atoms with Crippen LogP contribution in [0, 0.1) is 0 Å². The molecule has 20 heavy (non-hydrogen) atoms. The maximum atomic E-state index is 12.0. The van der Waals surface area contributed by atoms with E-state index in [1.54, 1.807) is 16.9 Å². The highest BCUT2D eigenvalue weighted by Crippen LogP contribution is 2.20. The molecule has 1 aliphatic carbocycles. The van der Waals surface area contributed by atoms with E-state index >= 15 is 0 Å². The number of carbonyl (C=O) groups is 1. The maximum absolute atomic E-state index is 12.0. The zero-order chi connectivity index (χ0) is 13.9. The van der Waals surface area contributed by atoms with E-state index in [1.807, 2.05) is 0 Å². The fourth-order valence-corrected chi connectivity index (χ4v) is 2.71. The number of hydrogen-bond acceptors (Lipinski definition) is 3. The van der Waals surface area contributed by atoms with Gasteiger partial charge in [-0.25, -0.2) is 0 Å². The second-order valence-electron chi connectivity index (χ2n) is 5.21. The Morgan fingerprint density at radius 2 is 2.15 bits per heavy atom. The zero-order valence-corrected chi connectivity index (χ0v) is 11.2. The summed E-state index contributed by atoms with van der Waals surface area (Å²) in [7, 11) is 0. The first-order valence-electron chi connectivity index (χ1n) is 6.86. The second kappa shape index (κ2) is 5.36. The van der Waals surface area contributed by atoms with Crippen LogP contribution < -0.4 is 11.1 Å². The molecule has 104 valence electrons. The van der Waals surface area contributed by atoms with Gasteiger partial charge in [0.05, 0.1) is 0 Å². The highest BCUT2D eigenvalue weighted by atomic mass is 16.2. The number of carbonyl (C=O) groups excluding carboxylic acids is 1. The number of aryl methyl sites for hydroxylation is 1. The number of nitrogens with zero attached hydrogens (tertiary/aromatic N) is 2. The lowest BCUT2D eigenvalue weighted by Crippen LogP contribution is -2.40. The fraction of sp³-hybridized carbons (Fsp3) is 0.333. The van der Waals surface area contributed by atoms with E-state index in [1.165, 1.54) is 11.1 Å². The van der Waals surface area contributed by atoms with Crippen molar-refractivity contribution in [1.82, 2.24) is 15.1 Å². The number of nitrogen functional groups attached to an aromatic ring is 1. The Morgan fingerprint density at radius 1 is 1.35 bits per heavy atom. The molecule has 1 aromatic heterocycles. The zero-order valence-electron chi connectivity index (χ0n) is 11.2. The summed E-state index contributed by atoms with van der Waals surface area (Å²) in [5.74, 6) is 0.418. The average Bonchev–Trinajstić information content (AvgIpc) is 2.83. The van der Waals surface area contributed by atoms with Crippen molar-refractivity contribution < 1.29 is 4.79 Å². The molecular weight excluding hydrogens is 252 g/mol. The molecule has 5 nitrogen and oxygen atoms in total. The Hall–Kier alpha value is -2.30. The SMILES string of the molecule is Nc1ccn(CC(=O)NC2CCc3ccccc3C2)n1. The smallest absolute Gasteiger partial charge is 0.241 e. The van der Waals surface area contributed by atoms with Crippen LogP contribution in [0.15, 0.2) is 36.5 Å². The summed E-state index contributed by atoms with van der Waals surface area (Å²) in [6.45, 7) is 0.218. The molecule has 0 aliphatic heterocycles. The third-order valence-corrected chi connectivity index (χ3v) is 3.68. The second-order valence-corrected chi connectivity index (χ2v) is 5.21. The number of anilines is 1. The summed E-state index contributed by atoms with van der Waals surface area (Å²) in [6, 6.07) is 10.3. The van der Waals surface area contributed by atoms with Crippen LogP contribution >= 0.6 is 0 Å². The van der Waals surface area contributed by atoms with E-state index in [2.05, 4.69) is 34.7 Å². The van der Waals surface area contributed by atoms with Crippen LogP contribution in [-0.4, -0.2) is 21.7 Å². The maximum Gasteiger partial charge on any atom is 0.241 e. The average molecular weight is 270 g/mol. The van der Waals surface area contributed by atoms with Crippen LogP contribution in [0.5, 0.6) is 0 Å². The monoisotopic (exact) mass is 270 g/mol. The summed E-state index contributed by atoms with van der Waals surface area (Å²) in [5, 5.41) is 7.09. The minimum Gasteiger partial charge on any atom is -0.382 e. The van der Waals surface area contributed by atoms with Gasteiger partial charge in [-0.05, 0) is 36.5 Å². The Kier molecular flexibility index (Phi) is 3.41. The minimum atomic E-state index is -0.0162. The molecule has 0 fully saturated rings. The van der Waals surface area contributed by atoms with Gasteiger partial charge in [-0.2, -0.15) is 5.10 Å². The van der Waals surface area contributed by atoms with Crippen molar-refractivity contribution in [1.29, 1.82) is 0 Å². The van der Waals surface area contributed by atoms with Crippen LogP contribution in [0.2, 0.25) is 0 Å². The van der Waals surface area contributed by atoms with Gasteiger partial charge in [0.1, 0.15) is 12.4 Å².